The molecule has 134 valence electrons. The van der Waals surface area contributed by atoms with Crippen molar-refractivity contribution in [3.63, 3.8) is 0 Å². The zero-order valence-electron chi connectivity index (χ0n) is 15.5. The minimum atomic E-state index is -0.194. The highest BCUT2D eigenvalue weighted by Crippen LogP contribution is 2.26. The molecular formula is C22H20N4O. The van der Waals surface area contributed by atoms with Gasteiger partial charge in [-0.25, -0.2) is 4.98 Å². The molecule has 0 atom stereocenters. The quantitative estimate of drug-likeness (QED) is 0.588. The number of para-hydroxylation sites is 1. The van der Waals surface area contributed by atoms with Gasteiger partial charge in [-0.15, -0.1) is 0 Å². The standard InChI is InChI=1S/C22H20N4O/c1-14-7-6-8-16(11-14)20-13-18(17-9-4-5-10-19(17)23-20)22(27)24-21-12-15(2)26(3)25-21/h4-13H,1-3H3,(H,24,25,27). The van der Waals surface area contributed by atoms with Crippen molar-refractivity contribution in [2.24, 2.45) is 7.05 Å². The van der Waals surface area contributed by atoms with Gasteiger partial charge in [-0.1, -0.05) is 42.0 Å². The summed E-state index contributed by atoms with van der Waals surface area (Å²) in [6.07, 6.45) is 0. The molecule has 0 aliphatic carbocycles. The maximum absolute atomic E-state index is 13.0. The molecule has 1 N–H and O–H groups in total. The Morgan fingerprint density at radius 2 is 1.81 bits per heavy atom. The number of anilines is 1. The number of amides is 1. The van der Waals surface area contributed by atoms with Crippen molar-refractivity contribution in [2.45, 2.75) is 13.8 Å². The van der Waals surface area contributed by atoms with Crippen molar-refractivity contribution < 1.29 is 4.79 Å². The van der Waals surface area contributed by atoms with Crippen LogP contribution in [0.1, 0.15) is 21.6 Å². The minimum absolute atomic E-state index is 0.194. The van der Waals surface area contributed by atoms with Crippen LogP contribution in [0.3, 0.4) is 0 Å². The summed E-state index contributed by atoms with van der Waals surface area (Å²) >= 11 is 0. The van der Waals surface area contributed by atoms with E-state index in [4.69, 9.17) is 4.98 Å². The summed E-state index contributed by atoms with van der Waals surface area (Å²) in [5.74, 6) is 0.346. The van der Waals surface area contributed by atoms with Gasteiger partial charge in [0.25, 0.3) is 5.91 Å². The van der Waals surface area contributed by atoms with Crippen molar-refractivity contribution in [2.75, 3.05) is 5.32 Å². The Balaban J connectivity index is 1.81. The molecule has 0 unspecified atom stereocenters. The third kappa shape index (κ3) is 3.31. The lowest BCUT2D eigenvalue weighted by molar-refractivity contribution is 0.102. The van der Waals surface area contributed by atoms with Gasteiger partial charge in [-0.3, -0.25) is 9.48 Å². The Bertz CT molecular complexity index is 1140. The van der Waals surface area contributed by atoms with Gasteiger partial charge in [-0.05, 0) is 32.0 Å². The lowest BCUT2D eigenvalue weighted by Gasteiger charge is -2.10. The van der Waals surface area contributed by atoms with E-state index >= 15 is 0 Å². The first-order valence-electron chi connectivity index (χ1n) is 8.80. The number of carbonyl (C=O) groups excluding carboxylic acids is 1. The smallest absolute Gasteiger partial charge is 0.257 e. The van der Waals surface area contributed by atoms with Gasteiger partial charge in [0, 0.05) is 29.8 Å². The van der Waals surface area contributed by atoms with Crippen LogP contribution in [-0.4, -0.2) is 20.7 Å². The first kappa shape index (κ1) is 17.0. The summed E-state index contributed by atoms with van der Waals surface area (Å²) in [4.78, 5) is 17.8. The van der Waals surface area contributed by atoms with E-state index in [9.17, 15) is 4.79 Å². The molecule has 1 amide bonds. The fourth-order valence-corrected chi connectivity index (χ4v) is 3.12. The van der Waals surface area contributed by atoms with E-state index in [0.29, 0.717) is 11.4 Å². The number of nitrogens with one attached hydrogen (secondary N) is 1. The molecule has 4 rings (SSSR count). The van der Waals surface area contributed by atoms with E-state index in [0.717, 1.165) is 33.4 Å². The molecule has 0 fully saturated rings. The zero-order valence-corrected chi connectivity index (χ0v) is 15.5. The number of benzene rings is 2. The topological polar surface area (TPSA) is 59.8 Å². The molecule has 0 bridgehead atoms. The third-order valence-corrected chi connectivity index (χ3v) is 4.63. The van der Waals surface area contributed by atoms with Gasteiger partial charge < -0.3 is 5.32 Å². The Morgan fingerprint density at radius 1 is 1.00 bits per heavy atom. The van der Waals surface area contributed by atoms with Crippen LogP contribution in [0.2, 0.25) is 0 Å². The van der Waals surface area contributed by atoms with Crippen LogP contribution in [0.15, 0.2) is 60.7 Å². The van der Waals surface area contributed by atoms with Crippen LogP contribution in [-0.2, 0) is 7.05 Å². The van der Waals surface area contributed by atoms with E-state index in [1.807, 2.05) is 75.5 Å². The maximum Gasteiger partial charge on any atom is 0.257 e. The largest absolute Gasteiger partial charge is 0.305 e. The van der Waals surface area contributed by atoms with Crippen molar-refractivity contribution in [3.8, 4) is 11.3 Å². The summed E-state index contributed by atoms with van der Waals surface area (Å²) in [5.41, 5.74) is 5.27. The number of pyridine rings is 1. The monoisotopic (exact) mass is 356 g/mol. The van der Waals surface area contributed by atoms with E-state index in [1.54, 1.807) is 4.68 Å². The highest BCUT2D eigenvalue weighted by molar-refractivity contribution is 6.12. The van der Waals surface area contributed by atoms with E-state index < -0.39 is 0 Å². The molecule has 5 nitrogen and oxygen atoms in total. The highest BCUT2D eigenvalue weighted by atomic mass is 16.1. The third-order valence-electron chi connectivity index (χ3n) is 4.63. The second kappa shape index (κ2) is 6.68. The molecule has 5 heteroatoms. The van der Waals surface area contributed by atoms with Crippen molar-refractivity contribution in [1.82, 2.24) is 14.8 Å². The van der Waals surface area contributed by atoms with E-state index in [-0.39, 0.29) is 5.91 Å². The highest BCUT2D eigenvalue weighted by Gasteiger charge is 2.15. The van der Waals surface area contributed by atoms with Crippen LogP contribution in [0, 0.1) is 13.8 Å². The molecular weight excluding hydrogens is 336 g/mol. The van der Waals surface area contributed by atoms with Crippen molar-refractivity contribution >= 4 is 22.6 Å². The average molecular weight is 356 g/mol. The van der Waals surface area contributed by atoms with E-state index in [1.165, 1.54) is 0 Å². The fourth-order valence-electron chi connectivity index (χ4n) is 3.12. The van der Waals surface area contributed by atoms with Crippen molar-refractivity contribution in [3.05, 3.63) is 77.5 Å². The molecule has 0 aliphatic rings. The van der Waals surface area contributed by atoms with Gasteiger partial charge in [0.2, 0.25) is 0 Å². The van der Waals surface area contributed by atoms with Gasteiger partial charge in [0.05, 0.1) is 16.8 Å². The maximum atomic E-state index is 13.0. The van der Waals surface area contributed by atoms with Gasteiger partial charge in [0.1, 0.15) is 0 Å². The Hall–Kier alpha value is -3.47. The SMILES string of the molecule is Cc1cccc(-c2cc(C(=O)Nc3cc(C)n(C)n3)c3ccccc3n2)c1. The molecule has 0 radical (unpaired) electrons. The van der Waals surface area contributed by atoms with Gasteiger partial charge in [-0.2, -0.15) is 5.10 Å². The Morgan fingerprint density at radius 3 is 2.56 bits per heavy atom. The number of hydrogen-bond donors (Lipinski definition) is 1. The van der Waals surface area contributed by atoms with Crippen molar-refractivity contribution in [1.29, 1.82) is 0 Å². The number of aromatic nitrogens is 3. The summed E-state index contributed by atoms with van der Waals surface area (Å²) in [7, 11) is 1.85. The van der Waals surface area contributed by atoms with Crippen LogP contribution in [0.25, 0.3) is 22.2 Å². The molecule has 0 aliphatic heterocycles. The van der Waals surface area contributed by atoms with E-state index in [2.05, 4.69) is 16.5 Å². The molecule has 0 saturated heterocycles. The summed E-state index contributed by atoms with van der Waals surface area (Å²) < 4.78 is 1.73. The number of nitrogens with zero attached hydrogens (tertiary/aromatic N) is 3. The number of fused-ring (bicyclic) bond motifs is 1. The predicted octanol–water partition coefficient (Wildman–Crippen LogP) is 4.50. The van der Waals surface area contributed by atoms with Crippen LogP contribution in [0.4, 0.5) is 5.82 Å². The minimum Gasteiger partial charge on any atom is -0.305 e. The first-order valence-corrected chi connectivity index (χ1v) is 8.80. The molecule has 2 aromatic carbocycles. The molecule has 4 aromatic rings. The number of aryl methyl sites for hydroxylation is 3. The Kier molecular flexibility index (Phi) is 4.20. The molecule has 0 saturated carbocycles. The summed E-state index contributed by atoms with van der Waals surface area (Å²) in [6.45, 7) is 3.99. The van der Waals surface area contributed by atoms with Crippen LogP contribution < -0.4 is 5.32 Å². The fraction of sp³-hybridized carbons (Fsp3) is 0.136. The zero-order chi connectivity index (χ0) is 19.0. The predicted molar refractivity (Wildman–Crippen MR) is 108 cm³/mol. The van der Waals surface area contributed by atoms with Crippen LogP contribution in [0.5, 0.6) is 0 Å². The second-order valence-corrected chi connectivity index (χ2v) is 6.69. The average Bonchev–Trinajstić information content (AvgIpc) is 2.97. The van der Waals surface area contributed by atoms with Gasteiger partial charge in [0.15, 0.2) is 5.82 Å². The normalized spacial score (nSPS) is 10.9. The molecule has 0 spiro atoms. The first-order chi connectivity index (χ1) is 13.0. The number of hydrogen-bond acceptors (Lipinski definition) is 3. The number of carbonyl (C=O) groups is 1. The molecule has 2 heterocycles. The lowest BCUT2D eigenvalue weighted by atomic mass is 10.0. The molecule has 2 aromatic heterocycles. The summed E-state index contributed by atoms with van der Waals surface area (Å²) in [6, 6.07) is 19.5. The lowest BCUT2D eigenvalue weighted by Crippen LogP contribution is -2.13. The molecule has 27 heavy (non-hydrogen) atoms. The Labute approximate surface area is 157 Å². The van der Waals surface area contributed by atoms with Crippen LogP contribution >= 0.6 is 0 Å². The second-order valence-electron chi connectivity index (χ2n) is 6.69. The number of rotatable bonds is 3. The van der Waals surface area contributed by atoms with Gasteiger partial charge >= 0.3 is 0 Å². The summed E-state index contributed by atoms with van der Waals surface area (Å²) in [5, 5.41) is 8.04.